The molecule has 13 heavy (non-hydrogen) atoms. The minimum absolute atomic E-state index is 0.245. The molecule has 1 aliphatic rings. The Kier molecular flexibility index (Phi) is 2.00. The first kappa shape index (κ1) is 8.57. The molecule has 0 aromatic heterocycles. The van der Waals surface area contributed by atoms with Gasteiger partial charge < -0.3 is 10.1 Å². The van der Waals surface area contributed by atoms with E-state index in [9.17, 15) is 0 Å². The van der Waals surface area contributed by atoms with E-state index in [1.54, 1.807) is 7.11 Å². The highest BCUT2D eigenvalue weighted by atomic mass is 16.5. The summed E-state index contributed by atoms with van der Waals surface area (Å²) in [7, 11) is 3.73. The molecule has 1 N–H and O–H groups in total. The first-order chi connectivity index (χ1) is 6.30. The predicted molar refractivity (Wildman–Crippen MR) is 53.0 cm³/mol. The summed E-state index contributed by atoms with van der Waals surface area (Å²) in [4.78, 5) is 0. The van der Waals surface area contributed by atoms with Crippen LogP contribution in [-0.4, -0.2) is 14.2 Å². The second-order valence-electron chi connectivity index (χ2n) is 3.56. The van der Waals surface area contributed by atoms with Crippen molar-refractivity contribution in [1.29, 1.82) is 0 Å². The van der Waals surface area contributed by atoms with E-state index in [2.05, 4.69) is 17.4 Å². The number of methoxy groups -OCH3 is 1. The maximum absolute atomic E-state index is 5.19. The van der Waals surface area contributed by atoms with Gasteiger partial charge in [0.1, 0.15) is 5.75 Å². The zero-order chi connectivity index (χ0) is 9.31. The molecule has 1 aromatic carbocycles. The molecule has 0 aliphatic heterocycles. The Labute approximate surface area is 78.9 Å². The molecule has 1 fully saturated rings. The molecule has 0 heterocycles. The zero-order valence-electron chi connectivity index (χ0n) is 8.13. The van der Waals surface area contributed by atoms with Crippen molar-refractivity contribution in [3.8, 4) is 5.75 Å². The van der Waals surface area contributed by atoms with Gasteiger partial charge in [-0.15, -0.1) is 0 Å². The highest BCUT2D eigenvalue weighted by Crippen LogP contribution is 2.45. The zero-order valence-corrected chi connectivity index (χ0v) is 8.13. The summed E-state index contributed by atoms with van der Waals surface area (Å²) in [5.74, 6) is 0.944. The van der Waals surface area contributed by atoms with Crippen LogP contribution in [0.2, 0.25) is 0 Å². The number of ether oxygens (including phenoxy) is 1. The molecule has 0 saturated heterocycles. The lowest BCUT2D eigenvalue weighted by atomic mass is 10.1. The van der Waals surface area contributed by atoms with E-state index in [1.807, 2.05) is 19.2 Å². The Hall–Kier alpha value is -1.02. The summed E-state index contributed by atoms with van der Waals surface area (Å²) in [5.41, 5.74) is 1.59. The Morgan fingerprint density at radius 2 is 2.15 bits per heavy atom. The lowest BCUT2D eigenvalue weighted by Crippen LogP contribution is -2.24. The summed E-state index contributed by atoms with van der Waals surface area (Å²) < 4.78 is 5.19. The van der Waals surface area contributed by atoms with Crippen molar-refractivity contribution in [2.75, 3.05) is 14.2 Å². The van der Waals surface area contributed by atoms with Crippen molar-refractivity contribution < 1.29 is 4.74 Å². The molecule has 1 saturated carbocycles. The summed E-state index contributed by atoms with van der Waals surface area (Å²) in [6, 6.07) is 8.30. The second kappa shape index (κ2) is 3.04. The molecular formula is C11H15NO. The molecular weight excluding hydrogens is 162 g/mol. The Balaban J connectivity index is 2.30. The molecule has 2 heteroatoms. The SMILES string of the molecule is CNC1(c2cccc(OC)c2)CC1. The van der Waals surface area contributed by atoms with Crippen molar-refractivity contribution in [1.82, 2.24) is 5.32 Å². The highest BCUT2D eigenvalue weighted by Gasteiger charge is 2.42. The lowest BCUT2D eigenvalue weighted by molar-refractivity contribution is 0.413. The first-order valence-corrected chi connectivity index (χ1v) is 4.64. The Morgan fingerprint density at radius 1 is 1.38 bits per heavy atom. The van der Waals surface area contributed by atoms with Gasteiger partial charge in [0.05, 0.1) is 7.11 Å². The van der Waals surface area contributed by atoms with E-state index >= 15 is 0 Å². The van der Waals surface area contributed by atoms with Crippen LogP contribution in [0.5, 0.6) is 5.75 Å². The lowest BCUT2D eigenvalue weighted by Gasteiger charge is -2.15. The van der Waals surface area contributed by atoms with Crippen molar-refractivity contribution >= 4 is 0 Å². The van der Waals surface area contributed by atoms with Gasteiger partial charge in [0.25, 0.3) is 0 Å². The Morgan fingerprint density at radius 3 is 2.69 bits per heavy atom. The van der Waals surface area contributed by atoms with Crippen LogP contribution in [0.15, 0.2) is 24.3 Å². The van der Waals surface area contributed by atoms with Crippen molar-refractivity contribution in [2.24, 2.45) is 0 Å². The minimum atomic E-state index is 0.245. The standard InChI is InChI=1S/C11H15NO/c1-12-11(6-7-11)9-4-3-5-10(8-9)13-2/h3-5,8,12H,6-7H2,1-2H3. The number of nitrogens with one attached hydrogen (secondary N) is 1. The second-order valence-corrected chi connectivity index (χ2v) is 3.56. The fourth-order valence-electron chi connectivity index (χ4n) is 1.73. The third-order valence-electron chi connectivity index (χ3n) is 2.85. The van der Waals surface area contributed by atoms with E-state index in [-0.39, 0.29) is 5.54 Å². The fourth-order valence-corrected chi connectivity index (χ4v) is 1.73. The van der Waals surface area contributed by atoms with E-state index in [0.29, 0.717) is 0 Å². The summed E-state index contributed by atoms with van der Waals surface area (Å²) in [5, 5.41) is 3.36. The smallest absolute Gasteiger partial charge is 0.119 e. The molecule has 0 bridgehead atoms. The fraction of sp³-hybridized carbons (Fsp3) is 0.455. The Bertz CT molecular complexity index is 305. The van der Waals surface area contributed by atoms with Crippen LogP contribution in [0.25, 0.3) is 0 Å². The molecule has 2 nitrogen and oxygen atoms in total. The number of hydrogen-bond donors (Lipinski definition) is 1. The molecule has 2 rings (SSSR count). The average Bonchev–Trinajstić information content (AvgIpc) is 2.99. The average molecular weight is 177 g/mol. The largest absolute Gasteiger partial charge is 0.497 e. The van der Waals surface area contributed by atoms with Gasteiger partial charge in [-0.3, -0.25) is 0 Å². The quantitative estimate of drug-likeness (QED) is 0.761. The van der Waals surface area contributed by atoms with Gasteiger partial charge in [-0.1, -0.05) is 12.1 Å². The van der Waals surface area contributed by atoms with Crippen LogP contribution in [0.1, 0.15) is 18.4 Å². The molecule has 0 unspecified atom stereocenters. The van der Waals surface area contributed by atoms with Crippen molar-refractivity contribution in [2.45, 2.75) is 18.4 Å². The van der Waals surface area contributed by atoms with Crippen molar-refractivity contribution in [3.05, 3.63) is 29.8 Å². The van der Waals surface area contributed by atoms with Gasteiger partial charge in [-0.25, -0.2) is 0 Å². The summed E-state index contributed by atoms with van der Waals surface area (Å²) in [6.07, 6.45) is 2.47. The molecule has 0 radical (unpaired) electrons. The van der Waals surface area contributed by atoms with Gasteiger partial charge in [-0.2, -0.15) is 0 Å². The topological polar surface area (TPSA) is 21.3 Å². The van der Waals surface area contributed by atoms with Crippen LogP contribution in [0.3, 0.4) is 0 Å². The first-order valence-electron chi connectivity index (χ1n) is 4.64. The summed E-state index contributed by atoms with van der Waals surface area (Å²) in [6.45, 7) is 0. The number of hydrogen-bond acceptors (Lipinski definition) is 2. The van der Waals surface area contributed by atoms with E-state index in [0.717, 1.165) is 5.75 Å². The predicted octanol–water partition coefficient (Wildman–Crippen LogP) is 1.90. The van der Waals surface area contributed by atoms with Crippen LogP contribution in [0, 0.1) is 0 Å². The van der Waals surface area contributed by atoms with E-state index in [4.69, 9.17) is 4.74 Å². The van der Waals surface area contributed by atoms with Gasteiger partial charge in [0.15, 0.2) is 0 Å². The molecule has 0 atom stereocenters. The van der Waals surface area contributed by atoms with Crippen LogP contribution in [-0.2, 0) is 5.54 Å². The van der Waals surface area contributed by atoms with Crippen LogP contribution < -0.4 is 10.1 Å². The number of benzene rings is 1. The minimum Gasteiger partial charge on any atom is -0.497 e. The molecule has 70 valence electrons. The van der Waals surface area contributed by atoms with E-state index < -0.39 is 0 Å². The van der Waals surface area contributed by atoms with Crippen molar-refractivity contribution in [3.63, 3.8) is 0 Å². The molecule has 1 aliphatic carbocycles. The maximum atomic E-state index is 5.19. The van der Waals surface area contributed by atoms with E-state index in [1.165, 1.54) is 18.4 Å². The van der Waals surface area contributed by atoms with Gasteiger partial charge in [-0.05, 0) is 37.6 Å². The van der Waals surface area contributed by atoms with Crippen LogP contribution >= 0.6 is 0 Å². The third kappa shape index (κ3) is 1.42. The monoisotopic (exact) mass is 177 g/mol. The summed E-state index contributed by atoms with van der Waals surface area (Å²) >= 11 is 0. The third-order valence-corrected chi connectivity index (χ3v) is 2.85. The maximum Gasteiger partial charge on any atom is 0.119 e. The van der Waals surface area contributed by atoms with Crippen LogP contribution in [0.4, 0.5) is 0 Å². The number of rotatable bonds is 3. The highest BCUT2D eigenvalue weighted by molar-refractivity contribution is 5.36. The van der Waals surface area contributed by atoms with Gasteiger partial charge in [0.2, 0.25) is 0 Å². The van der Waals surface area contributed by atoms with Gasteiger partial charge in [0, 0.05) is 5.54 Å². The normalized spacial score (nSPS) is 18.3. The molecule has 1 aromatic rings. The van der Waals surface area contributed by atoms with Gasteiger partial charge >= 0.3 is 0 Å². The molecule has 0 amide bonds. The molecule has 0 spiro atoms.